The number of imide groups is 1. The molecule has 1 aliphatic rings. The lowest BCUT2D eigenvalue weighted by Gasteiger charge is -2.16. The monoisotopic (exact) mass is 600 g/mol. The number of carbonyl (C=O) groups excluding carboxylic acids is 2. The molecule has 0 unspecified atom stereocenters. The van der Waals surface area contributed by atoms with Crippen LogP contribution in [0.15, 0.2) is 24.3 Å². The summed E-state index contributed by atoms with van der Waals surface area (Å²) in [7, 11) is 0. The fourth-order valence-electron chi connectivity index (χ4n) is 6.36. The van der Waals surface area contributed by atoms with Crippen LogP contribution < -0.4 is 5.32 Å². The molecule has 0 aromatic rings. The molecule has 1 fully saturated rings. The van der Waals surface area contributed by atoms with Crippen molar-refractivity contribution in [1.29, 1.82) is 0 Å². The van der Waals surface area contributed by atoms with Gasteiger partial charge in [0.05, 0.1) is 5.41 Å². The van der Waals surface area contributed by atoms with E-state index in [1.165, 1.54) is 154 Å². The van der Waals surface area contributed by atoms with Crippen molar-refractivity contribution in [3.63, 3.8) is 0 Å². The Bertz CT molecular complexity index is 691. The largest absolute Gasteiger partial charge is 0.295 e. The van der Waals surface area contributed by atoms with Crippen molar-refractivity contribution in [2.45, 2.75) is 201 Å². The predicted octanol–water partition coefficient (Wildman–Crippen LogP) is 12.6. The van der Waals surface area contributed by atoms with Gasteiger partial charge in [0.1, 0.15) is 0 Å². The van der Waals surface area contributed by atoms with E-state index in [4.69, 9.17) is 0 Å². The number of carbonyl (C=O) groups is 2. The maximum atomic E-state index is 12.7. The van der Waals surface area contributed by atoms with Gasteiger partial charge in [0.15, 0.2) is 0 Å². The lowest BCUT2D eigenvalue weighted by atomic mass is 9.84. The van der Waals surface area contributed by atoms with Crippen molar-refractivity contribution in [2.24, 2.45) is 17.3 Å². The van der Waals surface area contributed by atoms with Crippen LogP contribution in [-0.4, -0.2) is 11.8 Å². The molecule has 250 valence electrons. The Hall–Kier alpha value is -1.38. The zero-order valence-corrected chi connectivity index (χ0v) is 29.4. The minimum atomic E-state index is -0.763. The summed E-state index contributed by atoms with van der Waals surface area (Å²) in [5, 5.41) is 2.54. The standard InChI is InChI=1S/C40H73NO2/c1-36(2)31-27-23-19-15-11-7-5-9-13-17-21-25-29-33-40(35-38(42)41-39(40)43)34-30-26-22-18-14-10-6-8-12-16-20-24-28-32-37(3)4/h29-30,33-34,36-37H,5-28,31-32,35H2,1-4H3,(H,41,42,43). The molecule has 43 heavy (non-hydrogen) atoms. The van der Waals surface area contributed by atoms with E-state index in [1.54, 1.807) is 0 Å². The molecule has 0 spiro atoms. The molecule has 1 N–H and O–H groups in total. The quantitative estimate of drug-likeness (QED) is 0.0507. The Balaban J connectivity index is 2.08. The van der Waals surface area contributed by atoms with Gasteiger partial charge in [0, 0.05) is 6.42 Å². The van der Waals surface area contributed by atoms with Crippen LogP contribution in [0, 0.1) is 17.3 Å². The molecule has 0 bridgehead atoms. The van der Waals surface area contributed by atoms with E-state index in [9.17, 15) is 9.59 Å². The molecule has 3 nitrogen and oxygen atoms in total. The van der Waals surface area contributed by atoms with E-state index in [1.807, 2.05) is 12.2 Å². The van der Waals surface area contributed by atoms with Gasteiger partial charge in [-0.25, -0.2) is 0 Å². The molecule has 3 heteroatoms. The lowest BCUT2D eigenvalue weighted by Crippen LogP contribution is -2.28. The second-order valence-corrected chi connectivity index (χ2v) is 14.6. The van der Waals surface area contributed by atoms with Crippen molar-refractivity contribution >= 4 is 11.8 Å². The van der Waals surface area contributed by atoms with Crippen LogP contribution in [0.4, 0.5) is 0 Å². The van der Waals surface area contributed by atoms with Crippen molar-refractivity contribution in [3.05, 3.63) is 24.3 Å². The SMILES string of the molecule is CC(C)CCCCCCCCCCCCCC=CC1(C=CCCCCCCCCCCCCCC(C)C)CC(=O)NC1=O. The van der Waals surface area contributed by atoms with Gasteiger partial charge < -0.3 is 0 Å². The van der Waals surface area contributed by atoms with Crippen LogP contribution >= 0.6 is 0 Å². The van der Waals surface area contributed by atoms with Crippen LogP contribution in [0.2, 0.25) is 0 Å². The first kappa shape index (κ1) is 39.6. The second kappa shape index (κ2) is 27.0. The van der Waals surface area contributed by atoms with E-state index in [2.05, 4.69) is 45.2 Å². The van der Waals surface area contributed by atoms with Gasteiger partial charge in [0.25, 0.3) is 0 Å². The summed E-state index contributed by atoms with van der Waals surface area (Å²) in [6.45, 7) is 9.29. The number of unbranched alkanes of at least 4 members (excludes halogenated alkanes) is 22. The highest BCUT2D eigenvalue weighted by Crippen LogP contribution is 2.32. The zero-order valence-electron chi connectivity index (χ0n) is 29.4. The summed E-state index contributed by atoms with van der Waals surface area (Å²) >= 11 is 0. The van der Waals surface area contributed by atoms with Gasteiger partial charge in [-0.15, -0.1) is 0 Å². The molecular weight excluding hydrogens is 526 g/mol. The van der Waals surface area contributed by atoms with Crippen LogP contribution in [0.1, 0.15) is 201 Å². The van der Waals surface area contributed by atoms with Crippen LogP contribution in [-0.2, 0) is 9.59 Å². The minimum absolute atomic E-state index is 0.148. The topological polar surface area (TPSA) is 46.2 Å². The van der Waals surface area contributed by atoms with Gasteiger partial charge in [-0.05, 0) is 37.5 Å². The minimum Gasteiger partial charge on any atom is -0.295 e. The molecule has 1 heterocycles. The summed E-state index contributed by atoms with van der Waals surface area (Å²) in [6.07, 6.45) is 43.1. The Morgan fingerprint density at radius 2 is 0.814 bits per heavy atom. The maximum Gasteiger partial charge on any atom is 0.240 e. The molecule has 0 aromatic heterocycles. The third kappa shape index (κ3) is 22.7. The molecule has 0 aromatic carbocycles. The second-order valence-electron chi connectivity index (χ2n) is 14.6. The number of allylic oxidation sites excluding steroid dienone is 2. The molecule has 1 aliphatic heterocycles. The predicted molar refractivity (Wildman–Crippen MR) is 188 cm³/mol. The summed E-state index contributed by atoms with van der Waals surface area (Å²) in [4.78, 5) is 24.7. The summed E-state index contributed by atoms with van der Waals surface area (Å²) in [5.41, 5.74) is -0.763. The molecule has 1 saturated heterocycles. The lowest BCUT2D eigenvalue weighted by molar-refractivity contribution is -0.126. The Morgan fingerprint density at radius 1 is 0.512 bits per heavy atom. The molecule has 0 saturated carbocycles. The van der Waals surface area contributed by atoms with Crippen LogP contribution in [0.5, 0.6) is 0 Å². The van der Waals surface area contributed by atoms with E-state index >= 15 is 0 Å². The van der Waals surface area contributed by atoms with Crippen LogP contribution in [0.3, 0.4) is 0 Å². The van der Waals surface area contributed by atoms with Crippen molar-refractivity contribution in [1.82, 2.24) is 5.32 Å². The fraction of sp³-hybridized carbons (Fsp3) is 0.850. The molecule has 2 amide bonds. The Kier molecular flexibility index (Phi) is 24.9. The first-order chi connectivity index (χ1) is 20.9. The average Bonchev–Trinajstić information content (AvgIpc) is 3.24. The zero-order chi connectivity index (χ0) is 31.4. The molecule has 0 radical (unpaired) electrons. The average molecular weight is 600 g/mol. The number of rotatable bonds is 30. The van der Waals surface area contributed by atoms with Crippen molar-refractivity contribution < 1.29 is 9.59 Å². The number of nitrogens with one attached hydrogen (secondary N) is 1. The molecule has 1 rings (SSSR count). The summed E-state index contributed by atoms with van der Waals surface area (Å²) in [6, 6.07) is 0. The molecular formula is C40H73NO2. The summed E-state index contributed by atoms with van der Waals surface area (Å²) in [5.74, 6) is 1.41. The highest BCUT2D eigenvalue weighted by atomic mass is 16.2. The Morgan fingerprint density at radius 3 is 1.09 bits per heavy atom. The first-order valence-corrected chi connectivity index (χ1v) is 19.1. The van der Waals surface area contributed by atoms with Crippen LogP contribution in [0.25, 0.3) is 0 Å². The van der Waals surface area contributed by atoms with E-state index in [-0.39, 0.29) is 18.2 Å². The fourth-order valence-corrected chi connectivity index (χ4v) is 6.36. The Labute approximate surface area is 268 Å². The number of amides is 2. The van der Waals surface area contributed by atoms with E-state index in [0.29, 0.717) is 0 Å². The van der Waals surface area contributed by atoms with E-state index < -0.39 is 5.41 Å². The van der Waals surface area contributed by atoms with Gasteiger partial charge in [0.2, 0.25) is 11.8 Å². The smallest absolute Gasteiger partial charge is 0.240 e. The van der Waals surface area contributed by atoms with E-state index in [0.717, 1.165) is 24.7 Å². The third-order valence-electron chi connectivity index (χ3n) is 9.26. The maximum absolute atomic E-state index is 12.7. The van der Waals surface area contributed by atoms with Crippen molar-refractivity contribution in [2.75, 3.05) is 0 Å². The van der Waals surface area contributed by atoms with Crippen molar-refractivity contribution in [3.8, 4) is 0 Å². The first-order valence-electron chi connectivity index (χ1n) is 19.1. The third-order valence-corrected chi connectivity index (χ3v) is 9.26. The molecule has 0 atom stereocenters. The normalized spacial score (nSPS) is 17.4. The van der Waals surface area contributed by atoms with Gasteiger partial charge >= 0.3 is 0 Å². The highest BCUT2D eigenvalue weighted by molar-refractivity contribution is 6.08. The number of hydrogen-bond donors (Lipinski definition) is 1. The highest BCUT2D eigenvalue weighted by Gasteiger charge is 2.42. The number of hydrogen-bond acceptors (Lipinski definition) is 2. The van der Waals surface area contributed by atoms with Gasteiger partial charge in [-0.2, -0.15) is 0 Å². The van der Waals surface area contributed by atoms with Gasteiger partial charge in [-0.1, -0.05) is 193 Å². The summed E-state index contributed by atoms with van der Waals surface area (Å²) < 4.78 is 0. The molecule has 0 aliphatic carbocycles. The van der Waals surface area contributed by atoms with Gasteiger partial charge in [-0.3, -0.25) is 14.9 Å².